The number of amides is 1. The maximum Gasteiger partial charge on any atom is 0.222 e. The Bertz CT molecular complexity index is 424. The number of hydrogen-bond donors (Lipinski definition) is 1. The molecule has 1 amide bonds. The molecule has 21 heavy (non-hydrogen) atoms. The van der Waals surface area contributed by atoms with Gasteiger partial charge in [-0.3, -0.25) is 4.79 Å². The number of nitrogens with one attached hydrogen (secondary N) is 1. The molecule has 1 aliphatic carbocycles. The van der Waals surface area contributed by atoms with Crippen LogP contribution in [0.4, 0.5) is 0 Å². The zero-order chi connectivity index (χ0) is 15.1. The van der Waals surface area contributed by atoms with E-state index in [2.05, 4.69) is 35.6 Å². The molecule has 1 N–H and O–H groups in total. The first-order chi connectivity index (χ1) is 10.2. The lowest BCUT2D eigenvalue weighted by atomic mass is 9.77. The highest BCUT2D eigenvalue weighted by Gasteiger charge is 2.24. The van der Waals surface area contributed by atoms with Gasteiger partial charge in [-0.2, -0.15) is 0 Å². The van der Waals surface area contributed by atoms with Gasteiger partial charge in [0.1, 0.15) is 0 Å². The van der Waals surface area contributed by atoms with Gasteiger partial charge in [0.25, 0.3) is 0 Å². The topological polar surface area (TPSA) is 32.3 Å². The molecule has 2 rings (SSSR count). The van der Waals surface area contributed by atoms with Crippen molar-refractivity contribution in [1.82, 2.24) is 10.2 Å². The van der Waals surface area contributed by atoms with Crippen molar-refractivity contribution in [1.29, 1.82) is 0 Å². The predicted molar refractivity (Wildman–Crippen MR) is 87.3 cm³/mol. The number of benzene rings is 1. The van der Waals surface area contributed by atoms with Gasteiger partial charge in [-0.25, -0.2) is 0 Å². The van der Waals surface area contributed by atoms with Gasteiger partial charge in [-0.1, -0.05) is 30.3 Å². The molecule has 0 heterocycles. The Kier molecular flexibility index (Phi) is 6.24. The van der Waals surface area contributed by atoms with Gasteiger partial charge in [0.2, 0.25) is 5.91 Å². The third-order valence-electron chi connectivity index (χ3n) is 4.70. The molecule has 0 unspecified atom stereocenters. The van der Waals surface area contributed by atoms with Crippen molar-refractivity contribution in [3.05, 3.63) is 35.9 Å². The molecule has 1 aromatic rings. The van der Waals surface area contributed by atoms with E-state index < -0.39 is 0 Å². The Morgan fingerprint density at radius 2 is 1.86 bits per heavy atom. The van der Waals surface area contributed by atoms with E-state index in [0.717, 1.165) is 19.5 Å². The highest BCUT2D eigenvalue weighted by molar-refractivity contribution is 5.76. The molecular formula is C18H28N2O. The summed E-state index contributed by atoms with van der Waals surface area (Å²) < 4.78 is 0. The summed E-state index contributed by atoms with van der Waals surface area (Å²) in [5.41, 5.74) is 1.47. The summed E-state index contributed by atoms with van der Waals surface area (Å²) in [6.07, 6.45) is 5.54. The zero-order valence-corrected chi connectivity index (χ0v) is 13.3. The van der Waals surface area contributed by atoms with Crippen LogP contribution in [0.25, 0.3) is 0 Å². The van der Waals surface area contributed by atoms with Gasteiger partial charge in [0, 0.05) is 26.6 Å². The highest BCUT2D eigenvalue weighted by atomic mass is 16.2. The summed E-state index contributed by atoms with van der Waals surface area (Å²) in [6, 6.07) is 10.8. The van der Waals surface area contributed by atoms with Crippen LogP contribution in [0.2, 0.25) is 0 Å². The highest BCUT2D eigenvalue weighted by Crippen LogP contribution is 2.37. The second-order valence-electron chi connectivity index (χ2n) is 6.25. The van der Waals surface area contributed by atoms with Gasteiger partial charge in [0.15, 0.2) is 0 Å². The lowest BCUT2D eigenvalue weighted by molar-refractivity contribution is -0.131. The van der Waals surface area contributed by atoms with Crippen LogP contribution in [0.15, 0.2) is 30.3 Å². The van der Waals surface area contributed by atoms with E-state index in [1.54, 1.807) is 0 Å². The minimum absolute atomic E-state index is 0.299. The van der Waals surface area contributed by atoms with Gasteiger partial charge in [0.05, 0.1) is 0 Å². The van der Waals surface area contributed by atoms with Crippen molar-refractivity contribution in [2.75, 3.05) is 27.2 Å². The van der Waals surface area contributed by atoms with Crippen LogP contribution in [0.1, 0.15) is 43.6 Å². The van der Waals surface area contributed by atoms with E-state index in [-0.39, 0.29) is 0 Å². The van der Waals surface area contributed by atoms with Crippen molar-refractivity contribution >= 4 is 5.91 Å². The molecule has 3 nitrogen and oxygen atoms in total. The number of likely N-dealkylation sites (N-methyl/N-ethyl adjacent to an activating group) is 2. The molecule has 0 aliphatic heterocycles. The maximum atomic E-state index is 12.2. The molecule has 0 radical (unpaired) electrons. The van der Waals surface area contributed by atoms with E-state index in [1.807, 2.05) is 19.0 Å². The first-order valence-corrected chi connectivity index (χ1v) is 8.14. The molecule has 0 bridgehead atoms. The smallest absolute Gasteiger partial charge is 0.222 e. The van der Waals surface area contributed by atoms with Crippen molar-refractivity contribution in [3.8, 4) is 0 Å². The first-order valence-electron chi connectivity index (χ1n) is 8.14. The van der Waals surface area contributed by atoms with E-state index in [4.69, 9.17) is 0 Å². The molecule has 1 saturated carbocycles. The number of nitrogens with zero attached hydrogens (tertiary/aromatic N) is 1. The Balaban J connectivity index is 1.75. The maximum absolute atomic E-state index is 12.2. The third kappa shape index (κ3) is 4.85. The molecule has 0 atom stereocenters. The Morgan fingerprint density at radius 1 is 1.19 bits per heavy atom. The van der Waals surface area contributed by atoms with Crippen molar-refractivity contribution in [2.24, 2.45) is 5.92 Å². The molecule has 0 saturated heterocycles. The average molecular weight is 288 g/mol. The van der Waals surface area contributed by atoms with E-state index in [0.29, 0.717) is 17.7 Å². The van der Waals surface area contributed by atoms with Gasteiger partial charge in [-0.15, -0.1) is 0 Å². The molecule has 0 aromatic heterocycles. The SMILES string of the molecule is CNCCN(C)C(=O)CC1CCC(c2ccccc2)CC1. The van der Waals surface area contributed by atoms with Crippen LogP contribution in [0.5, 0.6) is 0 Å². The van der Waals surface area contributed by atoms with Gasteiger partial charge >= 0.3 is 0 Å². The second kappa shape index (κ2) is 8.18. The van der Waals surface area contributed by atoms with Gasteiger partial charge < -0.3 is 10.2 Å². The third-order valence-corrected chi connectivity index (χ3v) is 4.70. The Hall–Kier alpha value is -1.35. The summed E-state index contributed by atoms with van der Waals surface area (Å²) in [6.45, 7) is 1.66. The number of carbonyl (C=O) groups is 1. The zero-order valence-electron chi connectivity index (χ0n) is 13.3. The molecule has 1 aromatic carbocycles. The fraction of sp³-hybridized carbons (Fsp3) is 0.611. The van der Waals surface area contributed by atoms with Crippen LogP contribution in [0.3, 0.4) is 0 Å². The minimum atomic E-state index is 0.299. The fourth-order valence-electron chi connectivity index (χ4n) is 3.23. The number of carbonyl (C=O) groups excluding carboxylic acids is 1. The van der Waals surface area contributed by atoms with E-state index in [1.165, 1.54) is 31.2 Å². The monoisotopic (exact) mass is 288 g/mol. The summed E-state index contributed by atoms with van der Waals surface area (Å²) in [5.74, 6) is 1.57. The van der Waals surface area contributed by atoms with Crippen molar-refractivity contribution < 1.29 is 4.79 Å². The largest absolute Gasteiger partial charge is 0.344 e. The normalized spacial score (nSPS) is 22.0. The van der Waals surface area contributed by atoms with Crippen LogP contribution >= 0.6 is 0 Å². The average Bonchev–Trinajstić information content (AvgIpc) is 2.54. The number of rotatable bonds is 6. The molecule has 0 spiro atoms. The van der Waals surface area contributed by atoms with E-state index >= 15 is 0 Å². The second-order valence-corrected chi connectivity index (χ2v) is 6.25. The summed E-state index contributed by atoms with van der Waals surface area (Å²) in [7, 11) is 3.83. The van der Waals surface area contributed by atoms with Crippen LogP contribution in [0, 0.1) is 5.92 Å². The van der Waals surface area contributed by atoms with Crippen LogP contribution < -0.4 is 5.32 Å². The Labute approximate surface area is 128 Å². The minimum Gasteiger partial charge on any atom is -0.344 e. The predicted octanol–water partition coefficient (Wildman–Crippen LogP) is 3.03. The molecule has 3 heteroatoms. The lowest BCUT2D eigenvalue weighted by Gasteiger charge is -2.29. The summed E-state index contributed by atoms with van der Waals surface area (Å²) >= 11 is 0. The first kappa shape index (κ1) is 16.0. The number of hydrogen-bond acceptors (Lipinski definition) is 2. The molecule has 116 valence electrons. The summed E-state index contributed by atoms with van der Waals surface area (Å²) in [5, 5.41) is 3.09. The van der Waals surface area contributed by atoms with Gasteiger partial charge in [-0.05, 0) is 50.1 Å². The fourth-order valence-corrected chi connectivity index (χ4v) is 3.23. The molecular weight excluding hydrogens is 260 g/mol. The van der Waals surface area contributed by atoms with E-state index in [9.17, 15) is 4.79 Å². The molecule has 1 fully saturated rings. The van der Waals surface area contributed by atoms with Crippen LogP contribution in [-0.4, -0.2) is 38.0 Å². The summed E-state index contributed by atoms with van der Waals surface area (Å²) in [4.78, 5) is 14.0. The molecule has 1 aliphatic rings. The van der Waals surface area contributed by atoms with Crippen LogP contribution in [-0.2, 0) is 4.79 Å². The lowest BCUT2D eigenvalue weighted by Crippen LogP contribution is -2.34. The Morgan fingerprint density at radius 3 is 2.48 bits per heavy atom. The standard InChI is InChI=1S/C18H28N2O/c1-19-12-13-20(2)18(21)14-15-8-10-17(11-9-15)16-6-4-3-5-7-16/h3-7,15,17,19H,8-14H2,1-2H3. The quantitative estimate of drug-likeness (QED) is 0.872. The van der Waals surface area contributed by atoms with Crippen molar-refractivity contribution in [3.63, 3.8) is 0 Å². The van der Waals surface area contributed by atoms with Crippen molar-refractivity contribution in [2.45, 2.75) is 38.0 Å².